The van der Waals surface area contributed by atoms with Gasteiger partial charge < -0.3 is 5.11 Å². The Labute approximate surface area is 60.9 Å². The molecule has 0 unspecified atom stereocenters. The third-order valence-corrected chi connectivity index (χ3v) is 1.37. The lowest BCUT2D eigenvalue weighted by molar-refractivity contribution is -0.286. The van der Waals surface area contributed by atoms with Crippen LogP contribution in [0.15, 0.2) is 12.7 Å². The molecule has 10 heavy (non-hydrogen) atoms. The van der Waals surface area contributed by atoms with Crippen LogP contribution in [0.5, 0.6) is 0 Å². The minimum Gasteiger partial charge on any atom is -0.390 e. The summed E-state index contributed by atoms with van der Waals surface area (Å²) in [5.41, 5.74) is 0. The maximum absolute atomic E-state index is 9.23. The van der Waals surface area contributed by atoms with Crippen molar-refractivity contribution >= 4 is 0 Å². The molecule has 60 valence electrons. The lowest BCUT2D eigenvalue weighted by atomic mass is 10.0. The van der Waals surface area contributed by atoms with E-state index in [1.54, 1.807) is 0 Å². The van der Waals surface area contributed by atoms with Gasteiger partial charge in [-0.05, 0) is 5.92 Å². The highest BCUT2D eigenvalue weighted by molar-refractivity contribution is 4.86. The fourth-order valence-corrected chi connectivity index (χ4v) is 0.624. The highest BCUT2D eigenvalue weighted by Crippen LogP contribution is 2.08. The zero-order valence-corrected chi connectivity index (χ0v) is 6.32. The molecule has 0 fully saturated rings. The summed E-state index contributed by atoms with van der Waals surface area (Å²) in [6, 6.07) is 0. The summed E-state index contributed by atoms with van der Waals surface area (Å²) < 4.78 is 0. The third-order valence-electron chi connectivity index (χ3n) is 1.37. The van der Waals surface area contributed by atoms with E-state index in [-0.39, 0.29) is 5.92 Å². The van der Waals surface area contributed by atoms with Crippen molar-refractivity contribution in [2.45, 2.75) is 26.1 Å². The van der Waals surface area contributed by atoms with Crippen LogP contribution in [0.2, 0.25) is 0 Å². The molecule has 0 aliphatic carbocycles. The van der Waals surface area contributed by atoms with Crippen LogP contribution in [0, 0.1) is 5.92 Å². The first kappa shape index (κ1) is 9.62. The Kier molecular flexibility index (Phi) is 4.27. The van der Waals surface area contributed by atoms with Gasteiger partial charge in [-0.15, -0.1) is 6.58 Å². The molecule has 0 amide bonds. The minimum absolute atomic E-state index is 0.0511. The summed E-state index contributed by atoms with van der Waals surface area (Å²) in [7, 11) is 0. The average Bonchev–Trinajstić information content (AvgIpc) is 1.90. The van der Waals surface area contributed by atoms with E-state index in [0.717, 1.165) is 0 Å². The van der Waals surface area contributed by atoms with Gasteiger partial charge in [-0.2, -0.15) is 0 Å². The monoisotopic (exact) mass is 146 g/mol. The molecule has 0 bridgehead atoms. The van der Waals surface area contributed by atoms with Gasteiger partial charge in [0, 0.05) is 0 Å². The summed E-state index contributed by atoms with van der Waals surface area (Å²) in [5.74, 6) is 0.0511. The molecule has 0 aromatic carbocycles. The quantitative estimate of drug-likeness (QED) is 0.354. The van der Waals surface area contributed by atoms with E-state index in [2.05, 4.69) is 11.5 Å². The number of hydrogen-bond donors (Lipinski definition) is 2. The Bertz CT molecular complexity index is 101. The average molecular weight is 146 g/mol. The highest BCUT2D eigenvalue weighted by Gasteiger charge is 2.19. The largest absolute Gasteiger partial charge is 0.390 e. The first-order chi connectivity index (χ1) is 4.63. The number of aliphatic hydroxyl groups is 1. The molecule has 3 nitrogen and oxygen atoms in total. The third kappa shape index (κ3) is 2.47. The Balaban J connectivity index is 3.87. The SMILES string of the molecule is C=C[C@H](OO)[C@@H](O)C(C)C. The lowest BCUT2D eigenvalue weighted by Crippen LogP contribution is -2.30. The predicted octanol–water partition coefficient (Wildman–Crippen LogP) is 1.05. The van der Waals surface area contributed by atoms with Gasteiger partial charge in [0.2, 0.25) is 0 Å². The van der Waals surface area contributed by atoms with E-state index < -0.39 is 12.2 Å². The number of rotatable bonds is 4. The van der Waals surface area contributed by atoms with Crippen molar-refractivity contribution < 1.29 is 15.3 Å². The van der Waals surface area contributed by atoms with E-state index in [4.69, 9.17) is 5.26 Å². The maximum Gasteiger partial charge on any atom is 0.137 e. The normalized spacial score (nSPS) is 16.9. The molecule has 0 rings (SSSR count). The van der Waals surface area contributed by atoms with Crippen molar-refractivity contribution in [2.75, 3.05) is 0 Å². The van der Waals surface area contributed by atoms with Crippen LogP contribution in [-0.2, 0) is 4.89 Å². The Morgan fingerprint density at radius 2 is 2.00 bits per heavy atom. The summed E-state index contributed by atoms with van der Waals surface area (Å²) in [6.45, 7) is 7.06. The van der Waals surface area contributed by atoms with Crippen molar-refractivity contribution in [1.29, 1.82) is 0 Å². The van der Waals surface area contributed by atoms with Crippen LogP contribution >= 0.6 is 0 Å². The first-order valence-electron chi connectivity index (χ1n) is 3.24. The van der Waals surface area contributed by atoms with Gasteiger partial charge in [0.15, 0.2) is 0 Å². The molecule has 2 N–H and O–H groups in total. The minimum atomic E-state index is -0.692. The van der Waals surface area contributed by atoms with E-state index in [0.29, 0.717) is 0 Å². The second-order valence-electron chi connectivity index (χ2n) is 2.54. The standard InChI is InChI=1S/C7H14O3/c1-4-6(10-9)7(8)5(2)3/h4-9H,1H2,2-3H3/t6-,7-/m0/s1. The first-order valence-corrected chi connectivity index (χ1v) is 3.24. The second-order valence-corrected chi connectivity index (χ2v) is 2.54. The fourth-order valence-electron chi connectivity index (χ4n) is 0.624. The van der Waals surface area contributed by atoms with Gasteiger partial charge in [-0.25, -0.2) is 4.89 Å². The summed E-state index contributed by atoms with van der Waals surface area (Å²) in [6.07, 6.45) is -0.00694. The molecule has 0 saturated carbocycles. The molecule has 2 atom stereocenters. The zero-order valence-electron chi connectivity index (χ0n) is 6.32. The smallest absolute Gasteiger partial charge is 0.137 e. The molecule has 0 saturated heterocycles. The number of aliphatic hydroxyl groups excluding tert-OH is 1. The Morgan fingerprint density at radius 3 is 2.10 bits per heavy atom. The molecule has 0 radical (unpaired) electrons. The van der Waals surface area contributed by atoms with Gasteiger partial charge in [-0.1, -0.05) is 19.9 Å². The fraction of sp³-hybridized carbons (Fsp3) is 0.714. The molecule has 0 aliphatic heterocycles. The topological polar surface area (TPSA) is 49.7 Å². The van der Waals surface area contributed by atoms with Crippen LogP contribution in [0.25, 0.3) is 0 Å². The van der Waals surface area contributed by atoms with Gasteiger partial charge in [0.25, 0.3) is 0 Å². The summed E-state index contributed by atoms with van der Waals surface area (Å²) in [4.78, 5) is 3.95. The van der Waals surface area contributed by atoms with Crippen molar-refractivity contribution in [3.8, 4) is 0 Å². The predicted molar refractivity (Wildman–Crippen MR) is 38.5 cm³/mol. The molecule has 0 aliphatic rings. The molecule has 3 heteroatoms. The van der Waals surface area contributed by atoms with Crippen molar-refractivity contribution in [3.63, 3.8) is 0 Å². The maximum atomic E-state index is 9.23. The van der Waals surface area contributed by atoms with Crippen molar-refractivity contribution in [3.05, 3.63) is 12.7 Å². The van der Waals surface area contributed by atoms with Gasteiger partial charge in [0.1, 0.15) is 6.10 Å². The summed E-state index contributed by atoms with van der Waals surface area (Å²) >= 11 is 0. The Hall–Kier alpha value is -0.380. The molecular weight excluding hydrogens is 132 g/mol. The van der Waals surface area contributed by atoms with Gasteiger partial charge >= 0.3 is 0 Å². The van der Waals surface area contributed by atoms with Crippen molar-refractivity contribution in [2.24, 2.45) is 5.92 Å². The highest BCUT2D eigenvalue weighted by atomic mass is 17.1. The van der Waals surface area contributed by atoms with Crippen LogP contribution in [-0.4, -0.2) is 22.6 Å². The summed E-state index contributed by atoms with van der Waals surface area (Å²) in [5, 5.41) is 17.4. The lowest BCUT2D eigenvalue weighted by Gasteiger charge is -2.19. The van der Waals surface area contributed by atoms with Crippen molar-refractivity contribution in [1.82, 2.24) is 0 Å². The van der Waals surface area contributed by atoms with E-state index in [1.807, 2.05) is 13.8 Å². The van der Waals surface area contributed by atoms with Crippen LogP contribution in [0.1, 0.15) is 13.8 Å². The molecule has 0 heterocycles. The molecule has 0 spiro atoms. The van der Waals surface area contributed by atoms with Gasteiger partial charge in [0.05, 0.1) is 6.10 Å². The molecule has 0 aromatic heterocycles. The van der Waals surface area contributed by atoms with E-state index in [9.17, 15) is 5.11 Å². The second kappa shape index (κ2) is 4.44. The Morgan fingerprint density at radius 1 is 1.50 bits per heavy atom. The number of hydrogen-bond acceptors (Lipinski definition) is 3. The zero-order chi connectivity index (χ0) is 8.15. The van der Waals surface area contributed by atoms with E-state index >= 15 is 0 Å². The van der Waals surface area contributed by atoms with E-state index in [1.165, 1.54) is 6.08 Å². The van der Waals surface area contributed by atoms with Crippen LogP contribution < -0.4 is 0 Å². The molecular formula is C7H14O3. The van der Waals surface area contributed by atoms with Crippen LogP contribution in [0.3, 0.4) is 0 Å². The van der Waals surface area contributed by atoms with Gasteiger partial charge in [-0.3, -0.25) is 5.26 Å². The molecule has 0 aromatic rings. The van der Waals surface area contributed by atoms with Crippen LogP contribution in [0.4, 0.5) is 0 Å².